The minimum Gasteiger partial charge on any atom is -0.444 e. The van der Waals surface area contributed by atoms with Crippen LogP contribution in [0.2, 0.25) is 5.02 Å². The van der Waals surface area contributed by atoms with Gasteiger partial charge in [0, 0.05) is 24.2 Å². The van der Waals surface area contributed by atoms with Gasteiger partial charge >= 0.3 is 6.09 Å². The molecular formula is C21H25ClN2O3. The molecule has 0 aliphatic carbocycles. The summed E-state index contributed by atoms with van der Waals surface area (Å²) in [4.78, 5) is 26.8. The van der Waals surface area contributed by atoms with Crippen molar-refractivity contribution in [3.05, 3.63) is 65.2 Å². The van der Waals surface area contributed by atoms with Crippen LogP contribution >= 0.6 is 11.6 Å². The maximum atomic E-state index is 13.1. The molecule has 27 heavy (non-hydrogen) atoms. The Morgan fingerprint density at radius 1 is 1.07 bits per heavy atom. The molecule has 0 saturated carbocycles. The Balaban J connectivity index is 2.20. The topological polar surface area (TPSA) is 58.6 Å². The maximum Gasteiger partial charge on any atom is 0.408 e. The van der Waals surface area contributed by atoms with E-state index in [1.807, 2.05) is 30.3 Å². The average Bonchev–Trinajstić information content (AvgIpc) is 2.60. The summed E-state index contributed by atoms with van der Waals surface area (Å²) in [7, 11) is 1.67. The minimum atomic E-state index is -0.761. The number of amides is 2. The van der Waals surface area contributed by atoms with E-state index in [-0.39, 0.29) is 5.91 Å². The van der Waals surface area contributed by atoms with Gasteiger partial charge in [0.05, 0.1) is 0 Å². The number of rotatable bonds is 5. The van der Waals surface area contributed by atoms with Crippen molar-refractivity contribution in [3.63, 3.8) is 0 Å². The molecule has 0 saturated heterocycles. The molecule has 2 amide bonds. The minimum absolute atomic E-state index is 0.243. The number of benzene rings is 2. The van der Waals surface area contributed by atoms with Gasteiger partial charge in [0.2, 0.25) is 5.91 Å². The first-order chi connectivity index (χ1) is 12.7. The van der Waals surface area contributed by atoms with Gasteiger partial charge in [0.25, 0.3) is 0 Å². The molecule has 1 unspecified atom stereocenters. The van der Waals surface area contributed by atoms with Crippen LogP contribution in [0, 0.1) is 0 Å². The number of anilines is 1. The normalized spacial score (nSPS) is 12.2. The van der Waals surface area contributed by atoms with Crippen molar-refractivity contribution in [1.82, 2.24) is 5.32 Å². The van der Waals surface area contributed by atoms with Gasteiger partial charge in [-0.25, -0.2) is 4.79 Å². The number of carbonyl (C=O) groups is 2. The van der Waals surface area contributed by atoms with E-state index in [1.54, 1.807) is 52.1 Å². The first-order valence-corrected chi connectivity index (χ1v) is 9.10. The van der Waals surface area contributed by atoms with Crippen molar-refractivity contribution in [2.75, 3.05) is 11.9 Å². The average molecular weight is 389 g/mol. The van der Waals surface area contributed by atoms with Crippen LogP contribution in [0.25, 0.3) is 0 Å². The van der Waals surface area contributed by atoms with E-state index < -0.39 is 17.7 Å². The Bertz CT molecular complexity index is 770. The van der Waals surface area contributed by atoms with E-state index in [4.69, 9.17) is 16.3 Å². The third-order valence-electron chi connectivity index (χ3n) is 3.82. The smallest absolute Gasteiger partial charge is 0.408 e. The molecule has 2 rings (SSSR count). The predicted molar refractivity (Wildman–Crippen MR) is 108 cm³/mol. The first kappa shape index (κ1) is 20.8. The molecule has 5 nitrogen and oxygen atoms in total. The van der Waals surface area contributed by atoms with E-state index in [0.29, 0.717) is 17.1 Å². The monoisotopic (exact) mass is 388 g/mol. The molecule has 6 heteroatoms. The second-order valence-electron chi connectivity index (χ2n) is 7.26. The lowest BCUT2D eigenvalue weighted by atomic mass is 10.0. The molecule has 0 aromatic heterocycles. The number of nitrogens with zero attached hydrogens (tertiary/aromatic N) is 1. The molecule has 0 aliphatic rings. The van der Waals surface area contributed by atoms with Gasteiger partial charge in [0.1, 0.15) is 11.6 Å². The summed E-state index contributed by atoms with van der Waals surface area (Å²) in [5, 5.41) is 3.30. The quantitative estimate of drug-likeness (QED) is 0.823. The number of likely N-dealkylation sites (N-methyl/N-ethyl adjacent to an activating group) is 1. The number of hydrogen-bond donors (Lipinski definition) is 1. The van der Waals surface area contributed by atoms with Crippen molar-refractivity contribution in [3.8, 4) is 0 Å². The number of carbonyl (C=O) groups excluding carboxylic acids is 2. The lowest BCUT2D eigenvalue weighted by Crippen LogP contribution is -2.50. The molecule has 0 bridgehead atoms. The highest BCUT2D eigenvalue weighted by Crippen LogP contribution is 2.18. The lowest BCUT2D eigenvalue weighted by molar-refractivity contribution is -0.120. The molecule has 0 aliphatic heterocycles. The summed E-state index contributed by atoms with van der Waals surface area (Å²) in [6.07, 6.45) is -0.266. The molecule has 0 heterocycles. The Morgan fingerprint density at radius 3 is 2.22 bits per heavy atom. The van der Waals surface area contributed by atoms with Crippen LogP contribution in [0.5, 0.6) is 0 Å². The van der Waals surface area contributed by atoms with Crippen LogP contribution in [0.4, 0.5) is 10.5 Å². The van der Waals surface area contributed by atoms with Crippen LogP contribution in [0.15, 0.2) is 54.6 Å². The second-order valence-corrected chi connectivity index (χ2v) is 7.70. The van der Waals surface area contributed by atoms with E-state index in [2.05, 4.69) is 5.32 Å². The molecule has 2 aromatic rings. The third kappa shape index (κ3) is 6.61. The summed E-state index contributed by atoms with van der Waals surface area (Å²) in [5.74, 6) is -0.243. The van der Waals surface area contributed by atoms with Crippen molar-refractivity contribution in [2.45, 2.75) is 38.8 Å². The van der Waals surface area contributed by atoms with Gasteiger partial charge < -0.3 is 15.0 Å². The Kier molecular flexibility index (Phi) is 6.86. The van der Waals surface area contributed by atoms with Gasteiger partial charge in [-0.1, -0.05) is 41.9 Å². The highest BCUT2D eigenvalue weighted by Gasteiger charge is 2.27. The number of nitrogens with one attached hydrogen (secondary N) is 1. The van der Waals surface area contributed by atoms with Crippen LogP contribution in [-0.2, 0) is 16.0 Å². The van der Waals surface area contributed by atoms with Gasteiger partial charge in [-0.05, 0) is 50.6 Å². The van der Waals surface area contributed by atoms with E-state index >= 15 is 0 Å². The third-order valence-corrected chi connectivity index (χ3v) is 4.07. The van der Waals surface area contributed by atoms with Crippen LogP contribution in [0.1, 0.15) is 26.3 Å². The maximum absolute atomic E-state index is 13.1. The predicted octanol–water partition coefficient (Wildman–Crippen LogP) is 4.44. The van der Waals surface area contributed by atoms with Gasteiger partial charge in [-0.2, -0.15) is 0 Å². The fraction of sp³-hybridized carbons (Fsp3) is 0.333. The SMILES string of the molecule is CN(C(=O)C(Cc1ccccc1)NC(=O)OC(C)(C)C)c1ccc(Cl)cc1. The molecule has 2 aromatic carbocycles. The second kappa shape index (κ2) is 8.91. The molecular weight excluding hydrogens is 364 g/mol. The Hall–Kier alpha value is -2.53. The Morgan fingerprint density at radius 2 is 1.67 bits per heavy atom. The van der Waals surface area contributed by atoms with Crippen LogP contribution in [0.3, 0.4) is 0 Å². The first-order valence-electron chi connectivity index (χ1n) is 8.72. The number of alkyl carbamates (subject to hydrolysis) is 1. The van der Waals surface area contributed by atoms with Crippen molar-refractivity contribution >= 4 is 29.3 Å². The number of halogens is 1. The van der Waals surface area contributed by atoms with Crippen molar-refractivity contribution in [1.29, 1.82) is 0 Å². The largest absolute Gasteiger partial charge is 0.444 e. The highest BCUT2D eigenvalue weighted by molar-refractivity contribution is 6.30. The fourth-order valence-electron chi connectivity index (χ4n) is 2.53. The van der Waals surface area contributed by atoms with Crippen LogP contribution < -0.4 is 10.2 Å². The summed E-state index contributed by atoms with van der Waals surface area (Å²) in [6.45, 7) is 5.33. The zero-order chi connectivity index (χ0) is 20.0. The van der Waals surface area contributed by atoms with Gasteiger partial charge in [-0.15, -0.1) is 0 Å². The van der Waals surface area contributed by atoms with Crippen molar-refractivity contribution in [2.24, 2.45) is 0 Å². The number of hydrogen-bond acceptors (Lipinski definition) is 3. The molecule has 0 spiro atoms. The summed E-state index contributed by atoms with van der Waals surface area (Å²) in [5.41, 5.74) is 0.983. The zero-order valence-corrected chi connectivity index (χ0v) is 16.8. The highest BCUT2D eigenvalue weighted by atomic mass is 35.5. The molecule has 0 fully saturated rings. The van der Waals surface area contributed by atoms with Crippen molar-refractivity contribution < 1.29 is 14.3 Å². The van der Waals surface area contributed by atoms with Crippen LogP contribution in [-0.4, -0.2) is 30.7 Å². The molecule has 1 atom stereocenters. The summed E-state index contributed by atoms with van der Waals surface area (Å²) in [6, 6.07) is 15.7. The molecule has 1 N–H and O–H groups in total. The number of ether oxygens (including phenoxy) is 1. The van der Waals surface area contributed by atoms with Gasteiger partial charge in [0.15, 0.2) is 0 Å². The van der Waals surface area contributed by atoms with Gasteiger partial charge in [-0.3, -0.25) is 4.79 Å². The zero-order valence-electron chi connectivity index (χ0n) is 16.0. The van der Waals surface area contributed by atoms with E-state index in [0.717, 1.165) is 5.56 Å². The fourth-order valence-corrected chi connectivity index (χ4v) is 2.65. The molecule has 144 valence electrons. The summed E-state index contributed by atoms with van der Waals surface area (Å²) >= 11 is 5.92. The van der Waals surface area contributed by atoms with E-state index in [1.165, 1.54) is 4.90 Å². The summed E-state index contributed by atoms with van der Waals surface area (Å²) < 4.78 is 5.32. The molecule has 0 radical (unpaired) electrons. The standard InChI is InChI=1S/C21H25ClN2O3/c1-21(2,3)27-20(26)23-18(14-15-8-6-5-7-9-15)19(25)24(4)17-12-10-16(22)11-13-17/h5-13,18H,14H2,1-4H3,(H,23,26). The van der Waals surface area contributed by atoms with E-state index in [9.17, 15) is 9.59 Å². The Labute approximate surface area is 165 Å². The lowest BCUT2D eigenvalue weighted by Gasteiger charge is -2.26.